The van der Waals surface area contributed by atoms with Crippen LogP contribution in [0.1, 0.15) is 24.5 Å². The van der Waals surface area contributed by atoms with E-state index in [1.165, 1.54) is 7.11 Å². The van der Waals surface area contributed by atoms with Crippen LogP contribution < -0.4 is 5.32 Å². The molecule has 90 valence electrons. The second-order valence-corrected chi connectivity index (χ2v) is 4.81. The lowest BCUT2D eigenvalue weighted by Gasteiger charge is -2.18. The highest BCUT2D eigenvalue weighted by molar-refractivity contribution is 7.09. The smallest absolute Gasteiger partial charge is 0.309 e. The lowest BCUT2D eigenvalue weighted by Crippen LogP contribution is -2.36. The van der Waals surface area contributed by atoms with E-state index in [2.05, 4.69) is 10.3 Å². The predicted molar refractivity (Wildman–Crippen MR) is 64.3 cm³/mol. The van der Waals surface area contributed by atoms with Crippen molar-refractivity contribution in [1.82, 2.24) is 10.3 Å². The van der Waals surface area contributed by atoms with Gasteiger partial charge in [0, 0.05) is 23.7 Å². The number of aryl methyl sites for hydroxylation is 1. The Morgan fingerprint density at radius 3 is 2.81 bits per heavy atom. The van der Waals surface area contributed by atoms with Crippen LogP contribution in [-0.4, -0.2) is 24.1 Å². The number of aromatic nitrogens is 1. The Bertz CT molecular complexity index is 352. The van der Waals surface area contributed by atoms with Gasteiger partial charge in [-0.1, -0.05) is 6.92 Å². The van der Waals surface area contributed by atoms with Crippen molar-refractivity contribution >= 4 is 17.3 Å². The molecule has 2 atom stereocenters. The van der Waals surface area contributed by atoms with Gasteiger partial charge in [-0.25, -0.2) is 4.98 Å². The topological polar surface area (TPSA) is 51.2 Å². The predicted octanol–water partition coefficient (Wildman–Crippen LogP) is 1.74. The van der Waals surface area contributed by atoms with Crippen LogP contribution in [-0.2, 0) is 16.1 Å². The van der Waals surface area contributed by atoms with E-state index in [1.807, 2.05) is 26.2 Å². The molecule has 1 rings (SSSR count). The number of hydrogen-bond donors (Lipinski definition) is 1. The maximum atomic E-state index is 11.3. The highest BCUT2D eigenvalue weighted by atomic mass is 32.1. The van der Waals surface area contributed by atoms with Crippen LogP contribution in [0.15, 0.2) is 5.38 Å². The molecular weight excluding hydrogens is 224 g/mol. The number of esters is 1. The lowest BCUT2D eigenvalue weighted by molar-refractivity contribution is -0.145. The van der Waals surface area contributed by atoms with Crippen LogP contribution in [0.4, 0.5) is 0 Å². The van der Waals surface area contributed by atoms with Crippen LogP contribution in [0.3, 0.4) is 0 Å². The maximum absolute atomic E-state index is 11.3. The third kappa shape index (κ3) is 3.57. The molecule has 0 aliphatic heterocycles. The van der Waals surface area contributed by atoms with Gasteiger partial charge in [-0.3, -0.25) is 4.79 Å². The van der Waals surface area contributed by atoms with Crippen molar-refractivity contribution in [3.8, 4) is 0 Å². The summed E-state index contributed by atoms with van der Waals surface area (Å²) < 4.78 is 4.70. The molecule has 0 aliphatic rings. The molecule has 0 aromatic carbocycles. The first-order valence-electron chi connectivity index (χ1n) is 5.26. The van der Waals surface area contributed by atoms with Gasteiger partial charge in [-0.2, -0.15) is 0 Å². The summed E-state index contributed by atoms with van der Waals surface area (Å²) in [5.74, 6) is -0.332. The van der Waals surface area contributed by atoms with E-state index < -0.39 is 0 Å². The van der Waals surface area contributed by atoms with Crippen molar-refractivity contribution in [2.24, 2.45) is 5.92 Å². The molecule has 0 saturated heterocycles. The molecule has 0 spiro atoms. The van der Waals surface area contributed by atoms with E-state index in [9.17, 15) is 4.79 Å². The summed E-state index contributed by atoms with van der Waals surface area (Å²) in [5.41, 5.74) is 1.04. The van der Waals surface area contributed by atoms with Gasteiger partial charge in [0.2, 0.25) is 0 Å². The van der Waals surface area contributed by atoms with E-state index in [0.29, 0.717) is 6.54 Å². The second kappa shape index (κ2) is 5.96. The average Bonchev–Trinajstić information content (AvgIpc) is 2.69. The van der Waals surface area contributed by atoms with Gasteiger partial charge in [-0.05, 0) is 13.8 Å². The summed E-state index contributed by atoms with van der Waals surface area (Å²) in [4.78, 5) is 15.6. The van der Waals surface area contributed by atoms with Crippen LogP contribution in [0, 0.1) is 12.8 Å². The van der Waals surface area contributed by atoms with E-state index in [4.69, 9.17) is 4.74 Å². The maximum Gasteiger partial charge on any atom is 0.309 e. The molecule has 16 heavy (non-hydrogen) atoms. The molecule has 0 aliphatic carbocycles. The summed E-state index contributed by atoms with van der Waals surface area (Å²) in [6.45, 7) is 6.50. The fourth-order valence-corrected chi connectivity index (χ4v) is 2.02. The van der Waals surface area contributed by atoms with Crippen LogP contribution in [0.25, 0.3) is 0 Å². The van der Waals surface area contributed by atoms with Crippen molar-refractivity contribution in [2.45, 2.75) is 33.4 Å². The van der Waals surface area contributed by atoms with E-state index in [-0.39, 0.29) is 17.9 Å². The molecular formula is C11H18N2O2S. The Labute approximate surface area is 100 Å². The SMILES string of the molecule is COC(=O)C(C)C(C)NCc1nc(C)cs1. The Kier molecular flexibility index (Phi) is 4.89. The van der Waals surface area contributed by atoms with Crippen molar-refractivity contribution in [3.63, 3.8) is 0 Å². The number of nitrogens with zero attached hydrogens (tertiary/aromatic N) is 1. The number of carbonyl (C=O) groups is 1. The highest BCUT2D eigenvalue weighted by Gasteiger charge is 2.20. The highest BCUT2D eigenvalue weighted by Crippen LogP contribution is 2.10. The van der Waals surface area contributed by atoms with Crippen LogP contribution >= 0.6 is 11.3 Å². The van der Waals surface area contributed by atoms with Crippen molar-refractivity contribution in [1.29, 1.82) is 0 Å². The quantitative estimate of drug-likeness (QED) is 0.799. The summed E-state index contributed by atoms with van der Waals surface area (Å²) in [6, 6.07) is 0.0802. The van der Waals surface area contributed by atoms with Gasteiger partial charge in [-0.15, -0.1) is 11.3 Å². The van der Waals surface area contributed by atoms with Gasteiger partial charge in [0.25, 0.3) is 0 Å². The Hall–Kier alpha value is -0.940. The van der Waals surface area contributed by atoms with Crippen molar-refractivity contribution < 1.29 is 9.53 Å². The fraction of sp³-hybridized carbons (Fsp3) is 0.636. The molecule has 2 unspecified atom stereocenters. The molecule has 0 saturated carbocycles. The minimum absolute atomic E-state index is 0.0802. The molecule has 5 heteroatoms. The number of thiazole rings is 1. The number of carbonyl (C=O) groups excluding carboxylic acids is 1. The fourth-order valence-electron chi connectivity index (χ4n) is 1.30. The standard InChI is InChI=1S/C11H18N2O2S/c1-7-6-16-10(13-7)5-12-9(3)8(2)11(14)15-4/h6,8-9,12H,5H2,1-4H3. The number of hydrogen-bond acceptors (Lipinski definition) is 5. The molecule has 1 N–H and O–H groups in total. The van der Waals surface area contributed by atoms with E-state index in [0.717, 1.165) is 10.7 Å². The second-order valence-electron chi connectivity index (χ2n) is 3.86. The summed E-state index contributed by atoms with van der Waals surface area (Å²) in [5, 5.41) is 6.34. The summed E-state index contributed by atoms with van der Waals surface area (Å²) in [6.07, 6.45) is 0. The minimum Gasteiger partial charge on any atom is -0.469 e. The Morgan fingerprint density at radius 2 is 2.31 bits per heavy atom. The first kappa shape index (κ1) is 13.1. The largest absolute Gasteiger partial charge is 0.469 e. The first-order chi connectivity index (χ1) is 7.54. The average molecular weight is 242 g/mol. The molecule has 1 heterocycles. The molecule has 0 fully saturated rings. The first-order valence-corrected chi connectivity index (χ1v) is 6.14. The summed E-state index contributed by atoms with van der Waals surface area (Å²) in [7, 11) is 1.41. The van der Waals surface area contributed by atoms with Gasteiger partial charge in [0.1, 0.15) is 5.01 Å². The van der Waals surface area contributed by atoms with E-state index in [1.54, 1.807) is 11.3 Å². The van der Waals surface area contributed by atoms with Gasteiger partial charge in [0.15, 0.2) is 0 Å². The molecule has 1 aromatic heterocycles. The minimum atomic E-state index is -0.185. The lowest BCUT2D eigenvalue weighted by atomic mass is 10.0. The molecule has 0 bridgehead atoms. The van der Waals surface area contributed by atoms with Crippen molar-refractivity contribution in [3.05, 3.63) is 16.1 Å². The number of rotatable bonds is 5. The number of methoxy groups -OCH3 is 1. The van der Waals surface area contributed by atoms with Crippen LogP contribution in [0.5, 0.6) is 0 Å². The monoisotopic (exact) mass is 242 g/mol. The molecule has 0 amide bonds. The summed E-state index contributed by atoms with van der Waals surface area (Å²) >= 11 is 1.63. The van der Waals surface area contributed by atoms with Gasteiger partial charge >= 0.3 is 5.97 Å². The zero-order valence-corrected chi connectivity index (χ0v) is 10.9. The molecule has 1 aromatic rings. The van der Waals surface area contributed by atoms with Gasteiger partial charge in [0.05, 0.1) is 13.0 Å². The van der Waals surface area contributed by atoms with Gasteiger partial charge < -0.3 is 10.1 Å². The third-order valence-electron chi connectivity index (χ3n) is 2.56. The zero-order valence-electron chi connectivity index (χ0n) is 10.1. The van der Waals surface area contributed by atoms with Crippen LogP contribution in [0.2, 0.25) is 0 Å². The number of ether oxygens (including phenoxy) is 1. The third-order valence-corrected chi connectivity index (χ3v) is 3.53. The normalized spacial score (nSPS) is 14.5. The van der Waals surface area contributed by atoms with Crippen molar-refractivity contribution in [2.75, 3.05) is 7.11 Å². The van der Waals surface area contributed by atoms with E-state index >= 15 is 0 Å². The zero-order chi connectivity index (χ0) is 12.1. The number of nitrogens with one attached hydrogen (secondary N) is 1. The Balaban J connectivity index is 2.40. The Morgan fingerprint density at radius 1 is 1.62 bits per heavy atom. The molecule has 4 nitrogen and oxygen atoms in total. The molecule has 0 radical (unpaired) electrons.